The Hall–Kier alpha value is -0.0800. The Bertz CT molecular complexity index is 91.6. The molecule has 0 bridgehead atoms. The van der Waals surface area contributed by atoms with E-state index in [0.29, 0.717) is 0 Å². The number of likely N-dealkylation sites (N-methyl/N-ethyl adjacent to an activating group) is 2. The smallest absolute Gasteiger partial charge is 0.0229 e. The first-order valence-corrected chi connectivity index (χ1v) is 4.55. The van der Waals surface area contributed by atoms with Gasteiger partial charge in [0, 0.05) is 12.6 Å². The molecule has 0 aromatic carbocycles. The quantitative estimate of drug-likeness (QED) is 0.567. The van der Waals surface area contributed by atoms with Gasteiger partial charge >= 0.3 is 0 Å². The second-order valence-corrected chi connectivity index (χ2v) is 3.17. The van der Waals surface area contributed by atoms with Gasteiger partial charge in [-0.2, -0.15) is 0 Å². The molecule has 11 heavy (non-hydrogen) atoms. The van der Waals surface area contributed by atoms with Gasteiger partial charge in [0.25, 0.3) is 0 Å². The van der Waals surface area contributed by atoms with Gasteiger partial charge in [0.15, 0.2) is 0 Å². The van der Waals surface area contributed by atoms with E-state index in [1.54, 1.807) is 0 Å². The summed E-state index contributed by atoms with van der Waals surface area (Å²) in [5.41, 5.74) is 0. The summed E-state index contributed by atoms with van der Waals surface area (Å²) >= 11 is 0. The van der Waals surface area contributed by atoms with Gasteiger partial charge in [0.05, 0.1) is 0 Å². The van der Waals surface area contributed by atoms with Gasteiger partial charge in [-0.15, -0.1) is 0 Å². The Morgan fingerprint density at radius 3 is 2.00 bits per heavy atom. The fourth-order valence-corrected chi connectivity index (χ4v) is 1.33. The molecule has 0 N–H and O–H groups in total. The van der Waals surface area contributed by atoms with Crippen LogP contribution in [0.1, 0.15) is 20.3 Å². The number of nitrogens with zero attached hydrogens (tertiary/aromatic N) is 2. The molecule has 68 valence electrons. The maximum absolute atomic E-state index is 2.38. The van der Waals surface area contributed by atoms with Crippen LogP contribution in [0.4, 0.5) is 0 Å². The fraction of sp³-hybridized carbons (Fsp3) is 1.00. The van der Waals surface area contributed by atoms with Crippen molar-refractivity contribution in [1.82, 2.24) is 9.80 Å². The molecule has 2 nitrogen and oxygen atoms in total. The van der Waals surface area contributed by atoms with Gasteiger partial charge in [0.1, 0.15) is 0 Å². The first kappa shape index (κ1) is 10.9. The Labute approximate surface area is 71.2 Å². The highest BCUT2D eigenvalue weighted by Crippen LogP contribution is 2.09. The predicted octanol–water partition coefficient (Wildman–Crippen LogP) is 1.28. The highest BCUT2D eigenvalue weighted by molar-refractivity contribution is 4.77. The van der Waals surface area contributed by atoms with Gasteiger partial charge in [-0.05, 0) is 34.1 Å². The van der Waals surface area contributed by atoms with E-state index in [0.717, 1.165) is 6.04 Å². The van der Waals surface area contributed by atoms with Crippen LogP contribution in [0, 0.1) is 0 Å². The molecular weight excluding hydrogens is 136 g/mol. The summed E-state index contributed by atoms with van der Waals surface area (Å²) in [5.74, 6) is 0. The molecule has 0 radical (unpaired) electrons. The average Bonchev–Trinajstić information content (AvgIpc) is 2.40. The minimum absolute atomic E-state index is 0.801. The number of hydrogen-bond acceptors (Lipinski definition) is 2. The zero-order valence-electron chi connectivity index (χ0n) is 8.59. The Morgan fingerprint density at radius 1 is 1.27 bits per heavy atom. The van der Waals surface area contributed by atoms with Crippen LogP contribution in [0.25, 0.3) is 0 Å². The molecule has 1 aliphatic rings. The number of likely N-dealkylation sites (tertiary alicyclic amines) is 1. The van der Waals surface area contributed by atoms with Crippen LogP contribution in [0.2, 0.25) is 0 Å². The minimum atomic E-state index is 0.801. The zero-order valence-corrected chi connectivity index (χ0v) is 8.59. The van der Waals surface area contributed by atoms with E-state index in [2.05, 4.69) is 30.9 Å². The normalized spacial score (nSPS) is 25.1. The van der Waals surface area contributed by atoms with E-state index >= 15 is 0 Å². The molecule has 0 aliphatic carbocycles. The number of rotatable bonds is 1. The molecule has 2 heteroatoms. The van der Waals surface area contributed by atoms with E-state index < -0.39 is 0 Å². The molecule has 1 aliphatic heterocycles. The summed E-state index contributed by atoms with van der Waals surface area (Å²) in [6.07, 6.45) is 1.34. The SMILES string of the molecule is CC.CN1CC[C@H](N(C)C)C1. The van der Waals surface area contributed by atoms with Crippen LogP contribution >= 0.6 is 0 Å². The fourth-order valence-electron chi connectivity index (χ4n) is 1.33. The van der Waals surface area contributed by atoms with Crippen LogP contribution in [-0.4, -0.2) is 50.1 Å². The summed E-state index contributed by atoms with van der Waals surface area (Å²) in [5, 5.41) is 0. The summed E-state index contributed by atoms with van der Waals surface area (Å²) in [6.45, 7) is 6.51. The monoisotopic (exact) mass is 158 g/mol. The lowest BCUT2D eigenvalue weighted by molar-refractivity contribution is 0.288. The van der Waals surface area contributed by atoms with Crippen molar-refractivity contribution in [3.05, 3.63) is 0 Å². The van der Waals surface area contributed by atoms with Crippen molar-refractivity contribution in [2.24, 2.45) is 0 Å². The molecular formula is C9H22N2. The van der Waals surface area contributed by atoms with E-state index in [1.807, 2.05) is 13.8 Å². The third-order valence-corrected chi connectivity index (χ3v) is 2.10. The van der Waals surface area contributed by atoms with Crippen LogP contribution in [-0.2, 0) is 0 Å². The van der Waals surface area contributed by atoms with Gasteiger partial charge in [-0.1, -0.05) is 13.8 Å². The molecule has 1 heterocycles. The summed E-state index contributed by atoms with van der Waals surface area (Å²) < 4.78 is 0. The second-order valence-electron chi connectivity index (χ2n) is 3.17. The third kappa shape index (κ3) is 3.73. The maximum Gasteiger partial charge on any atom is 0.0229 e. The topological polar surface area (TPSA) is 6.48 Å². The van der Waals surface area contributed by atoms with Gasteiger partial charge in [-0.25, -0.2) is 0 Å². The third-order valence-electron chi connectivity index (χ3n) is 2.10. The highest BCUT2D eigenvalue weighted by atomic mass is 15.2. The van der Waals surface area contributed by atoms with Gasteiger partial charge in [0.2, 0.25) is 0 Å². The predicted molar refractivity (Wildman–Crippen MR) is 50.9 cm³/mol. The second kappa shape index (κ2) is 5.56. The van der Waals surface area contributed by atoms with Crippen LogP contribution < -0.4 is 0 Å². The van der Waals surface area contributed by atoms with E-state index in [1.165, 1.54) is 19.5 Å². The van der Waals surface area contributed by atoms with Gasteiger partial charge < -0.3 is 9.80 Å². The highest BCUT2D eigenvalue weighted by Gasteiger charge is 2.20. The van der Waals surface area contributed by atoms with Crippen molar-refractivity contribution in [2.45, 2.75) is 26.3 Å². The van der Waals surface area contributed by atoms with Crippen molar-refractivity contribution in [2.75, 3.05) is 34.2 Å². The Morgan fingerprint density at radius 2 is 1.82 bits per heavy atom. The molecule has 1 fully saturated rings. The minimum Gasteiger partial charge on any atom is -0.305 e. The molecule has 0 aromatic heterocycles. The summed E-state index contributed by atoms with van der Waals surface area (Å²) in [4.78, 5) is 4.69. The van der Waals surface area contributed by atoms with Crippen molar-refractivity contribution >= 4 is 0 Å². The lowest BCUT2D eigenvalue weighted by atomic mass is 10.2. The Kier molecular flexibility index (Phi) is 5.51. The largest absolute Gasteiger partial charge is 0.305 e. The molecule has 0 aromatic rings. The van der Waals surface area contributed by atoms with E-state index in [-0.39, 0.29) is 0 Å². The van der Waals surface area contributed by atoms with Crippen LogP contribution in [0.3, 0.4) is 0 Å². The Balaban J connectivity index is 0.000000461. The standard InChI is InChI=1S/C7H16N2.C2H6/c1-8(2)7-4-5-9(3)6-7;1-2/h7H,4-6H2,1-3H3;1-2H3/t7-;/m0./s1. The molecule has 0 unspecified atom stereocenters. The molecule has 1 saturated heterocycles. The van der Waals surface area contributed by atoms with Gasteiger partial charge in [-0.3, -0.25) is 0 Å². The molecule has 1 rings (SSSR count). The average molecular weight is 158 g/mol. The summed E-state index contributed by atoms with van der Waals surface area (Å²) in [7, 11) is 6.50. The van der Waals surface area contributed by atoms with Crippen LogP contribution in [0.15, 0.2) is 0 Å². The van der Waals surface area contributed by atoms with E-state index in [4.69, 9.17) is 0 Å². The lowest BCUT2D eigenvalue weighted by Crippen LogP contribution is -2.30. The van der Waals surface area contributed by atoms with Crippen molar-refractivity contribution in [3.8, 4) is 0 Å². The lowest BCUT2D eigenvalue weighted by Gasteiger charge is -2.17. The van der Waals surface area contributed by atoms with Crippen molar-refractivity contribution in [3.63, 3.8) is 0 Å². The molecule has 0 spiro atoms. The van der Waals surface area contributed by atoms with Crippen molar-refractivity contribution in [1.29, 1.82) is 0 Å². The molecule has 0 saturated carbocycles. The summed E-state index contributed by atoms with van der Waals surface area (Å²) in [6, 6.07) is 0.801. The molecule has 0 amide bonds. The van der Waals surface area contributed by atoms with E-state index in [9.17, 15) is 0 Å². The maximum atomic E-state index is 2.38. The number of hydrogen-bond donors (Lipinski definition) is 0. The first-order valence-electron chi connectivity index (χ1n) is 4.55. The van der Waals surface area contributed by atoms with Crippen molar-refractivity contribution < 1.29 is 0 Å². The van der Waals surface area contributed by atoms with Crippen LogP contribution in [0.5, 0.6) is 0 Å². The zero-order chi connectivity index (χ0) is 8.85. The first-order chi connectivity index (χ1) is 5.20. The molecule has 1 atom stereocenters.